The maximum absolute atomic E-state index is 4.85. The summed E-state index contributed by atoms with van der Waals surface area (Å²) in [6, 6.07) is 11.4. The monoisotopic (exact) mass is 425 g/mol. The van der Waals surface area contributed by atoms with E-state index in [2.05, 4.69) is 90.3 Å². The number of hydrogen-bond acceptors (Lipinski definition) is 4. The second-order valence-electron chi connectivity index (χ2n) is 8.90. The van der Waals surface area contributed by atoms with Crippen molar-refractivity contribution in [3.05, 3.63) is 47.5 Å². The molecule has 1 aliphatic heterocycles. The topological polar surface area (TPSA) is 70.4 Å². The van der Waals surface area contributed by atoms with E-state index < -0.39 is 0 Å². The Kier molecular flexibility index (Phi) is 8.46. The molecule has 1 aromatic carbocycles. The summed E-state index contributed by atoms with van der Waals surface area (Å²) in [5.41, 5.74) is 1.35. The highest BCUT2D eigenvalue weighted by Gasteiger charge is 2.23. The van der Waals surface area contributed by atoms with Gasteiger partial charge >= 0.3 is 0 Å². The molecule has 2 unspecified atom stereocenters. The van der Waals surface area contributed by atoms with Gasteiger partial charge in [0.1, 0.15) is 5.82 Å². The molecule has 0 amide bonds. The van der Waals surface area contributed by atoms with Gasteiger partial charge in [-0.1, -0.05) is 44.2 Å². The number of nitrogens with one attached hydrogen (secondary N) is 2. The summed E-state index contributed by atoms with van der Waals surface area (Å²) in [6.45, 7) is 12.1. The Morgan fingerprint density at radius 1 is 1.26 bits per heavy atom. The molecule has 7 heteroatoms. The van der Waals surface area contributed by atoms with Crippen LogP contribution in [0.25, 0.3) is 0 Å². The summed E-state index contributed by atoms with van der Waals surface area (Å²) in [5.74, 6) is 3.33. The molecule has 0 saturated heterocycles. The number of aliphatic imine (C=N–C) groups is 1. The van der Waals surface area contributed by atoms with Gasteiger partial charge in [0.25, 0.3) is 0 Å². The van der Waals surface area contributed by atoms with Gasteiger partial charge in [0.05, 0.1) is 6.54 Å². The van der Waals surface area contributed by atoms with E-state index in [4.69, 9.17) is 10.1 Å². The van der Waals surface area contributed by atoms with Gasteiger partial charge in [0, 0.05) is 44.1 Å². The highest BCUT2D eigenvalue weighted by atomic mass is 15.4. The Balaban J connectivity index is 1.50. The summed E-state index contributed by atoms with van der Waals surface area (Å²) in [7, 11) is 2.19. The number of nitrogens with zero attached hydrogens (tertiary/aromatic N) is 5. The summed E-state index contributed by atoms with van der Waals surface area (Å²) in [5, 5.41) is 11.7. The van der Waals surface area contributed by atoms with Crippen molar-refractivity contribution in [1.29, 1.82) is 0 Å². The molecule has 3 rings (SSSR count). The minimum absolute atomic E-state index is 0.324. The fourth-order valence-corrected chi connectivity index (χ4v) is 3.81. The first-order chi connectivity index (χ1) is 15.0. The minimum Gasteiger partial charge on any atom is -0.357 e. The standard InChI is InChI=1S/C24H39N7/c1-6-25-24(26-15-14-19(4)30(5)16-20-10-8-7-9-11-20)27-21-12-13-22-28-23(18(2)3)29-31(22)17-21/h7-11,18-19,21H,6,12-17H2,1-5H3,(H2,25,26,27). The fourth-order valence-electron chi connectivity index (χ4n) is 3.81. The third kappa shape index (κ3) is 6.79. The first kappa shape index (κ1) is 23.3. The number of hydrogen-bond donors (Lipinski definition) is 2. The van der Waals surface area contributed by atoms with Gasteiger partial charge in [0.2, 0.25) is 0 Å². The number of guanidine groups is 1. The highest BCUT2D eigenvalue weighted by Crippen LogP contribution is 2.17. The van der Waals surface area contributed by atoms with Crippen LogP contribution in [0.15, 0.2) is 35.3 Å². The fraction of sp³-hybridized carbons (Fsp3) is 0.625. The normalized spacial score (nSPS) is 17.6. The van der Waals surface area contributed by atoms with E-state index in [-0.39, 0.29) is 0 Å². The van der Waals surface area contributed by atoms with Gasteiger partial charge in [-0.25, -0.2) is 9.67 Å². The lowest BCUT2D eigenvalue weighted by molar-refractivity contribution is 0.240. The summed E-state index contributed by atoms with van der Waals surface area (Å²) >= 11 is 0. The number of aromatic nitrogens is 3. The molecule has 0 radical (unpaired) electrons. The predicted molar refractivity (Wildman–Crippen MR) is 127 cm³/mol. The van der Waals surface area contributed by atoms with Crippen LogP contribution in [0.2, 0.25) is 0 Å². The van der Waals surface area contributed by atoms with Gasteiger partial charge in [-0.15, -0.1) is 0 Å². The van der Waals surface area contributed by atoms with Crippen molar-refractivity contribution in [2.75, 3.05) is 20.1 Å². The van der Waals surface area contributed by atoms with E-state index in [9.17, 15) is 0 Å². The first-order valence-corrected chi connectivity index (χ1v) is 11.7. The van der Waals surface area contributed by atoms with E-state index in [1.165, 1.54) is 5.56 Å². The van der Waals surface area contributed by atoms with Gasteiger partial charge in [0.15, 0.2) is 11.8 Å². The molecule has 0 fully saturated rings. The summed E-state index contributed by atoms with van der Waals surface area (Å²) < 4.78 is 2.07. The Labute approximate surface area is 187 Å². The molecular formula is C24H39N7. The van der Waals surface area contributed by atoms with Gasteiger partial charge in [-0.2, -0.15) is 5.10 Å². The number of aryl methyl sites for hydroxylation is 1. The quantitative estimate of drug-likeness (QED) is 0.477. The van der Waals surface area contributed by atoms with E-state index in [1.807, 2.05) is 0 Å². The first-order valence-electron chi connectivity index (χ1n) is 11.7. The molecule has 1 aliphatic rings. The maximum atomic E-state index is 4.85. The van der Waals surface area contributed by atoms with Gasteiger partial charge in [-0.05, 0) is 39.3 Å². The van der Waals surface area contributed by atoms with Crippen LogP contribution in [0.5, 0.6) is 0 Å². The lowest BCUT2D eigenvalue weighted by Gasteiger charge is -2.26. The van der Waals surface area contributed by atoms with Crippen LogP contribution in [0, 0.1) is 0 Å². The van der Waals surface area contributed by atoms with E-state index in [0.717, 1.165) is 63.0 Å². The van der Waals surface area contributed by atoms with Gasteiger partial charge < -0.3 is 10.6 Å². The van der Waals surface area contributed by atoms with Crippen LogP contribution < -0.4 is 10.6 Å². The van der Waals surface area contributed by atoms with Crippen molar-refractivity contribution in [2.24, 2.45) is 4.99 Å². The number of benzene rings is 1. The predicted octanol–water partition coefficient (Wildman–Crippen LogP) is 3.18. The molecule has 170 valence electrons. The van der Waals surface area contributed by atoms with Crippen molar-refractivity contribution in [3.63, 3.8) is 0 Å². The molecule has 2 heterocycles. The SMILES string of the molecule is CCNC(=NCCC(C)N(C)Cc1ccccc1)NC1CCc2nc(C(C)C)nn2C1. The van der Waals surface area contributed by atoms with Crippen LogP contribution in [0.4, 0.5) is 0 Å². The smallest absolute Gasteiger partial charge is 0.191 e. The zero-order valence-electron chi connectivity index (χ0n) is 19.8. The molecule has 1 aromatic heterocycles. The van der Waals surface area contributed by atoms with Gasteiger partial charge in [-0.3, -0.25) is 9.89 Å². The highest BCUT2D eigenvalue weighted by molar-refractivity contribution is 5.80. The van der Waals surface area contributed by atoms with Crippen LogP contribution in [-0.4, -0.2) is 57.8 Å². The van der Waals surface area contributed by atoms with E-state index in [0.29, 0.717) is 18.0 Å². The third-order valence-corrected chi connectivity index (χ3v) is 5.92. The molecule has 2 N–H and O–H groups in total. The number of rotatable bonds is 9. The molecule has 0 spiro atoms. The zero-order valence-corrected chi connectivity index (χ0v) is 19.8. The average molecular weight is 426 g/mol. The second-order valence-corrected chi connectivity index (χ2v) is 8.90. The van der Waals surface area contributed by atoms with Crippen LogP contribution >= 0.6 is 0 Å². The lowest BCUT2D eigenvalue weighted by atomic mass is 10.1. The molecule has 0 bridgehead atoms. The van der Waals surface area contributed by atoms with E-state index in [1.54, 1.807) is 0 Å². The number of fused-ring (bicyclic) bond motifs is 1. The average Bonchev–Trinajstić information content (AvgIpc) is 3.18. The molecule has 7 nitrogen and oxygen atoms in total. The Hall–Kier alpha value is -2.41. The molecule has 2 atom stereocenters. The van der Waals surface area contributed by atoms with Crippen molar-refractivity contribution in [2.45, 2.75) is 78.0 Å². The van der Waals surface area contributed by atoms with Crippen molar-refractivity contribution in [3.8, 4) is 0 Å². The van der Waals surface area contributed by atoms with Crippen molar-refractivity contribution >= 4 is 5.96 Å². The summed E-state index contributed by atoms with van der Waals surface area (Å²) in [6.07, 6.45) is 3.03. The van der Waals surface area contributed by atoms with Crippen LogP contribution in [0.3, 0.4) is 0 Å². The Morgan fingerprint density at radius 2 is 2.03 bits per heavy atom. The van der Waals surface area contributed by atoms with E-state index >= 15 is 0 Å². The summed E-state index contributed by atoms with van der Waals surface area (Å²) in [4.78, 5) is 11.9. The maximum Gasteiger partial charge on any atom is 0.191 e. The van der Waals surface area contributed by atoms with Crippen molar-refractivity contribution < 1.29 is 0 Å². The van der Waals surface area contributed by atoms with Crippen molar-refractivity contribution in [1.82, 2.24) is 30.3 Å². The largest absolute Gasteiger partial charge is 0.357 e. The van der Waals surface area contributed by atoms with Crippen LogP contribution in [0.1, 0.15) is 63.7 Å². The molecule has 2 aromatic rings. The molecule has 31 heavy (non-hydrogen) atoms. The van der Waals surface area contributed by atoms with Crippen LogP contribution in [-0.2, 0) is 19.5 Å². The second kappa shape index (κ2) is 11.3. The Bertz CT molecular complexity index is 828. The minimum atomic E-state index is 0.324. The lowest BCUT2D eigenvalue weighted by Crippen LogP contribution is -2.47. The molecule has 0 aliphatic carbocycles. The molecular weight excluding hydrogens is 386 g/mol. The zero-order chi connectivity index (χ0) is 22.2. The Morgan fingerprint density at radius 3 is 2.74 bits per heavy atom. The molecule has 0 saturated carbocycles. The third-order valence-electron chi connectivity index (χ3n) is 5.92.